The number of pyridine rings is 1. The van der Waals surface area contributed by atoms with Crippen molar-refractivity contribution >= 4 is 23.4 Å². The number of hydrogen-bond donors (Lipinski definition) is 2. The number of nitrogens with zero attached hydrogens (tertiary/aromatic N) is 2. The van der Waals surface area contributed by atoms with Crippen molar-refractivity contribution in [3.05, 3.63) is 23.4 Å². The van der Waals surface area contributed by atoms with E-state index in [4.69, 9.17) is 11.1 Å². The van der Waals surface area contributed by atoms with Crippen molar-refractivity contribution in [3.8, 4) is 0 Å². The number of anilines is 1. The maximum atomic E-state index is 7.51. The standard InChI is InChI=1S/C12H18N4S/c1-8-5-10(12(13)14)6-11(15-8)16-3-4-17-9(2)7-16/h5-6,9H,3-4,7H2,1-2H3,(H3,13,14). The SMILES string of the molecule is Cc1cc(C(=N)N)cc(N2CCSC(C)C2)n1. The molecule has 1 saturated heterocycles. The van der Waals surface area contributed by atoms with E-state index in [9.17, 15) is 0 Å². The van der Waals surface area contributed by atoms with Gasteiger partial charge in [0.05, 0.1) is 0 Å². The lowest BCUT2D eigenvalue weighted by molar-refractivity contribution is 0.768. The lowest BCUT2D eigenvalue weighted by Crippen LogP contribution is -2.37. The molecule has 1 aliphatic heterocycles. The number of aromatic nitrogens is 1. The second kappa shape index (κ2) is 4.96. The fourth-order valence-corrected chi connectivity index (χ4v) is 3.01. The van der Waals surface area contributed by atoms with Gasteiger partial charge in [0.1, 0.15) is 11.7 Å². The Kier molecular flexibility index (Phi) is 3.57. The van der Waals surface area contributed by atoms with Crippen molar-refractivity contribution in [3.63, 3.8) is 0 Å². The molecule has 0 saturated carbocycles. The Labute approximate surface area is 106 Å². The lowest BCUT2D eigenvalue weighted by atomic mass is 10.2. The summed E-state index contributed by atoms with van der Waals surface area (Å²) < 4.78 is 0. The monoisotopic (exact) mass is 250 g/mol. The van der Waals surface area contributed by atoms with Gasteiger partial charge in [0.15, 0.2) is 0 Å². The molecule has 1 aromatic heterocycles. The molecule has 3 N–H and O–H groups in total. The average Bonchev–Trinajstić information content (AvgIpc) is 2.28. The van der Waals surface area contributed by atoms with Crippen molar-refractivity contribution in [1.29, 1.82) is 5.41 Å². The van der Waals surface area contributed by atoms with Gasteiger partial charge in [-0.05, 0) is 19.1 Å². The van der Waals surface area contributed by atoms with Crippen LogP contribution in [0.15, 0.2) is 12.1 Å². The Morgan fingerprint density at radius 2 is 2.35 bits per heavy atom. The Balaban J connectivity index is 2.28. The van der Waals surface area contributed by atoms with Crippen LogP contribution in [0, 0.1) is 12.3 Å². The predicted octanol–water partition coefficient (Wildman–Crippen LogP) is 1.62. The molecule has 0 spiro atoms. The molecular weight excluding hydrogens is 232 g/mol. The summed E-state index contributed by atoms with van der Waals surface area (Å²) >= 11 is 1.99. The summed E-state index contributed by atoms with van der Waals surface area (Å²) in [6.45, 7) is 6.21. The first-order valence-corrected chi connectivity index (χ1v) is 6.81. The van der Waals surface area contributed by atoms with Gasteiger partial charge in [-0.25, -0.2) is 4.98 Å². The van der Waals surface area contributed by atoms with Crippen LogP contribution < -0.4 is 10.6 Å². The minimum atomic E-state index is 0.108. The van der Waals surface area contributed by atoms with Crippen LogP contribution in [-0.2, 0) is 0 Å². The quantitative estimate of drug-likeness (QED) is 0.618. The minimum absolute atomic E-state index is 0.108. The number of rotatable bonds is 2. The number of nitrogens with one attached hydrogen (secondary N) is 1. The van der Waals surface area contributed by atoms with E-state index in [-0.39, 0.29) is 5.84 Å². The van der Waals surface area contributed by atoms with Crippen molar-refractivity contribution in [1.82, 2.24) is 4.98 Å². The zero-order valence-corrected chi connectivity index (χ0v) is 11.0. The number of thioether (sulfide) groups is 1. The minimum Gasteiger partial charge on any atom is -0.384 e. The first kappa shape index (κ1) is 12.2. The number of nitrogen functional groups attached to an aromatic ring is 1. The van der Waals surface area contributed by atoms with Crippen molar-refractivity contribution < 1.29 is 0 Å². The average molecular weight is 250 g/mol. The first-order valence-electron chi connectivity index (χ1n) is 5.76. The van der Waals surface area contributed by atoms with Crippen LogP contribution in [0.1, 0.15) is 18.2 Å². The van der Waals surface area contributed by atoms with E-state index in [0.29, 0.717) is 5.25 Å². The molecule has 1 aromatic rings. The van der Waals surface area contributed by atoms with E-state index in [1.54, 1.807) is 0 Å². The van der Waals surface area contributed by atoms with Gasteiger partial charge < -0.3 is 10.6 Å². The van der Waals surface area contributed by atoms with Crippen LogP contribution in [0.4, 0.5) is 5.82 Å². The molecule has 1 fully saturated rings. The second-order valence-corrected chi connectivity index (χ2v) is 5.94. The van der Waals surface area contributed by atoms with Gasteiger partial charge in [-0.15, -0.1) is 0 Å². The van der Waals surface area contributed by atoms with Crippen molar-refractivity contribution in [2.45, 2.75) is 19.1 Å². The van der Waals surface area contributed by atoms with Crippen LogP contribution in [-0.4, -0.2) is 34.9 Å². The van der Waals surface area contributed by atoms with E-state index in [0.717, 1.165) is 35.9 Å². The molecule has 2 heterocycles. The van der Waals surface area contributed by atoms with Crippen molar-refractivity contribution in [2.75, 3.05) is 23.7 Å². The van der Waals surface area contributed by atoms with Gasteiger partial charge in [-0.3, -0.25) is 5.41 Å². The second-order valence-electron chi connectivity index (χ2n) is 4.40. The molecule has 0 amide bonds. The summed E-state index contributed by atoms with van der Waals surface area (Å²) in [5.41, 5.74) is 7.22. The van der Waals surface area contributed by atoms with E-state index in [1.165, 1.54) is 0 Å². The van der Waals surface area contributed by atoms with E-state index in [2.05, 4.69) is 16.8 Å². The lowest BCUT2D eigenvalue weighted by Gasteiger charge is -2.31. The molecule has 0 aromatic carbocycles. The number of aryl methyl sites for hydroxylation is 1. The van der Waals surface area contributed by atoms with Crippen LogP contribution >= 0.6 is 11.8 Å². The smallest absolute Gasteiger partial charge is 0.129 e. The van der Waals surface area contributed by atoms with E-state index < -0.39 is 0 Å². The molecule has 0 radical (unpaired) electrons. The fourth-order valence-electron chi connectivity index (χ4n) is 2.00. The molecule has 1 aliphatic rings. The molecule has 0 aliphatic carbocycles. The van der Waals surface area contributed by atoms with Crippen LogP contribution in [0.3, 0.4) is 0 Å². The van der Waals surface area contributed by atoms with Gasteiger partial charge in [0.25, 0.3) is 0 Å². The molecule has 17 heavy (non-hydrogen) atoms. The van der Waals surface area contributed by atoms with Crippen LogP contribution in [0.2, 0.25) is 0 Å². The highest BCUT2D eigenvalue weighted by Crippen LogP contribution is 2.23. The maximum Gasteiger partial charge on any atom is 0.129 e. The van der Waals surface area contributed by atoms with E-state index in [1.807, 2.05) is 30.8 Å². The Morgan fingerprint density at radius 1 is 1.59 bits per heavy atom. The van der Waals surface area contributed by atoms with Crippen LogP contribution in [0.5, 0.6) is 0 Å². The molecular formula is C12H18N4S. The fraction of sp³-hybridized carbons (Fsp3) is 0.500. The van der Waals surface area contributed by atoms with Crippen molar-refractivity contribution in [2.24, 2.45) is 5.73 Å². The topological polar surface area (TPSA) is 66.0 Å². The van der Waals surface area contributed by atoms with Gasteiger partial charge >= 0.3 is 0 Å². The molecule has 92 valence electrons. The third-order valence-corrected chi connectivity index (χ3v) is 3.95. The summed E-state index contributed by atoms with van der Waals surface area (Å²) in [5.74, 6) is 2.19. The third kappa shape index (κ3) is 2.91. The molecule has 2 rings (SSSR count). The Hall–Kier alpha value is -1.23. The predicted molar refractivity (Wildman–Crippen MR) is 74.1 cm³/mol. The summed E-state index contributed by atoms with van der Waals surface area (Å²) in [5, 5.41) is 8.14. The largest absolute Gasteiger partial charge is 0.384 e. The summed E-state index contributed by atoms with van der Waals surface area (Å²) in [6.07, 6.45) is 0. The number of amidine groups is 1. The maximum absolute atomic E-state index is 7.51. The highest BCUT2D eigenvalue weighted by atomic mass is 32.2. The first-order chi connectivity index (χ1) is 8.06. The molecule has 5 heteroatoms. The normalized spacial score (nSPS) is 20.4. The van der Waals surface area contributed by atoms with Gasteiger partial charge in [0, 0.05) is 35.3 Å². The summed E-state index contributed by atoms with van der Waals surface area (Å²) in [7, 11) is 0. The highest BCUT2D eigenvalue weighted by Gasteiger charge is 2.18. The number of nitrogens with two attached hydrogens (primary N) is 1. The van der Waals surface area contributed by atoms with Gasteiger partial charge in [-0.1, -0.05) is 6.92 Å². The number of hydrogen-bond acceptors (Lipinski definition) is 4. The highest BCUT2D eigenvalue weighted by molar-refractivity contribution is 8.00. The van der Waals surface area contributed by atoms with Crippen LogP contribution in [0.25, 0.3) is 0 Å². The summed E-state index contributed by atoms with van der Waals surface area (Å²) in [4.78, 5) is 6.82. The van der Waals surface area contributed by atoms with Gasteiger partial charge in [-0.2, -0.15) is 11.8 Å². The summed E-state index contributed by atoms with van der Waals surface area (Å²) in [6, 6.07) is 3.77. The molecule has 1 unspecified atom stereocenters. The third-order valence-electron chi connectivity index (χ3n) is 2.82. The Bertz CT molecular complexity index is 433. The zero-order chi connectivity index (χ0) is 12.4. The van der Waals surface area contributed by atoms with E-state index >= 15 is 0 Å². The molecule has 1 atom stereocenters. The molecule has 0 bridgehead atoms. The zero-order valence-electron chi connectivity index (χ0n) is 10.2. The molecule has 4 nitrogen and oxygen atoms in total. The van der Waals surface area contributed by atoms with Gasteiger partial charge in [0.2, 0.25) is 0 Å². The Morgan fingerprint density at radius 3 is 3.00 bits per heavy atom.